The molecule has 2 N–H and O–H groups in total. The predicted octanol–water partition coefficient (Wildman–Crippen LogP) is 1.94. The molecule has 2 aromatic rings. The van der Waals surface area contributed by atoms with E-state index in [0.29, 0.717) is 6.54 Å². The second-order valence-electron chi connectivity index (χ2n) is 5.71. The van der Waals surface area contributed by atoms with Crippen molar-refractivity contribution in [3.05, 3.63) is 40.3 Å². The van der Waals surface area contributed by atoms with E-state index < -0.39 is 6.04 Å². The Hall–Kier alpha value is -1.70. The van der Waals surface area contributed by atoms with Crippen LogP contribution in [0.4, 0.5) is 0 Å². The molecule has 6 nitrogen and oxygen atoms in total. The van der Waals surface area contributed by atoms with E-state index >= 15 is 0 Å². The maximum Gasteiger partial charge on any atom is 0.241 e. The van der Waals surface area contributed by atoms with Crippen LogP contribution in [0.15, 0.2) is 29.2 Å². The molecule has 2 heterocycles. The minimum atomic E-state index is -0.390. The molecule has 0 saturated heterocycles. The lowest BCUT2D eigenvalue weighted by Gasteiger charge is -2.30. The number of rotatable bonds is 9. The van der Waals surface area contributed by atoms with Gasteiger partial charge in [-0.05, 0) is 42.5 Å². The zero-order chi connectivity index (χ0) is 17.5. The summed E-state index contributed by atoms with van der Waals surface area (Å²) in [4.78, 5) is 15.0. The third kappa shape index (κ3) is 4.43. The highest BCUT2D eigenvalue weighted by Crippen LogP contribution is 2.22. The van der Waals surface area contributed by atoms with Gasteiger partial charge in [0.1, 0.15) is 6.04 Å². The van der Waals surface area contributed by atoms with Gasteiger partial charge in [-0.25, -0.2) is 0 Å². The van der Waals surface area contributed by atoms with Crippen LogP contribution in [0.3, 0.4) is 0 Å². The third-order valence-electron chi connectivity index (χ3n) is 4.26. The number of likely N-dealkylation sites (N-methyl/N-ethyl adjacent to an activating group) is 2. The van der Waals surface area contributed by atoms with Gasteiger partial charge in [-0.15, -0.1) is 0 Å². The number of nitrogens with zero attached hydrogens (tertiary/aromatic N) is 3. The summed E-state index contributed by atoms with van der Waals surface area (Å²) in [6.07, 6.45) is 3.59. The van der Waals surface area contributed by atoms with Crippen molar-refractivity contribution in [3.63, 3.8) is 0 Å². The molecule has 132 valence electrons. The molecule has 2 rings (SSSR count). The molecular weight excluding hydrogens is 322 g/mol. The monoisotopic (exact) mass is 349 g/mol. The molecular formula is C17H27N5OS. The lowest BCUT2D eigenvalue weighted by molar-refractivity contribution is -0.123. The molecule has 0 aliphatic heterocycles. The van der Waals surface area contributed by atoms with Crippen LogP contribution in [0.5, 0.6) is 0 Å². The van der Waals surface area contributed by atoms with Crippen LogP contribution < -0.4 is 10.6 Å². The zero-order valence-electron chi connectivity index (χ0n) is 14.8. The third-order valence-corrected chi connectivity index (χ3v) is 4.96. The van der Waals surface area contributed by atoms with E-state index in [4.69, 9.17) is 0 Å². The van der Waals surface area contributed by atoms with Gasteiger partial charge in [-0.1, -0.05) is 13.8 Å². The smallest absolute Gasteiger partial charge is 0.241 e. The summed E-state index contributed by atoms with van der Waals surface area (Å²) >= 11 is 1.69. The average Bonchev–Trinajstić information content (AvgIpc) is 3.24. The van der Waals surface area contributed by atoms with E-state index in [9.17, 15) is 4.79 Å². The van der Waals surface area contributed by atoms with Crippen LogP contribution in [0.25, 0.3) is 0 Å². The Morgan fingerprint density at radius 3 is 2.62 bits per heavy atom. The number of aryl methyl sites for hydroxylation is 1. The number of hydrogen-bond donors (Lipinski definition) is 2. The van der Waals surface area contributed by atoms with Crippen molar-refractivity contribution in [1.29, 1.82) is 0 Å². The van der Waals surface area contributed by atoms with Crippen LogP contribution in [-0.2, 0) is 11.8 Å². The van der Waals surface area contributed by atoms with Crippen molar-refractivity contribution in [2.24, 2.45) is 7.05 Å². The summed E-state index contributed by atoms with van der Waals surface area (Å²) in [5.41, 5.74) is 2.12. The SMILES string of the molecule is CCN(CC)C(CNC(=O)C(NC)c1cnn(C)c1)c1ccsc1. The number of carbonyl (C=O) groups excluding carboxylic acids is 1. The van der Waals surface area contributed by atoms with Gasteiger partial charge >= 0.3 is 0 Å². The first kappa shape index (κ1) is 18.6. The van der Waals surface area contributed by atoms with Crippen LogP contribution in [0, 0.1) is 0 Å². The molecule has 1 amide bonds. The molecule has 0 bridgehead atoms. The number of nitrogens with one attached hydrogen (secondary N) is 2. The molecule has 2 unspecified atom stereocenters. The molecule has 0 spiro atoms. The van der Waals surface area contributed by atoms with Gasteiger partial charge in [0.05, 0.1) is 12.2 Å². The molecule has 7 heteroatoms. The van der Waals surface area contributed by atoms with E-state index in [1.165, 1.54) is 5.56 Å². The van der Waals surface area contributed by atoms with Crippen molar-refractivity contribution in [2.45, 2.75) is 25.9 Å². The van der Waals surface area contributed by atoms with E-state index in [1.54, 1.807) is 29.3 Å². The highest BCUT2D eigenvalue weighted by molar-refractivity contribution is 7.07. The lowest BCUT2D eigenvalue weighted by atomic mass is 10.1. The van der Waals surface area contributed by atoms with Gasteiger partial charge in [-0.3, -0.25) is 14.4 Å². The number of carbonyl (C=O) groups is 1. The van der Waals surface area contributed by atoms with Gasteiger partial charge in [0.2, 0.25) is 5.91 Å². The molecule has 24 heavy (non-hydrogen) atoms. The van der Waals surface area contributed by atoms with Crippen molar-refractivity contribution in [2.75, 3.05) is 26.7 Å². The van der Waals surface area contributed by atoms with E-state index in [0.717, 1.165) is 18.7 Å². The molecule has 0 aliphatic rings. The molecule has 0 aliphatic carbocycles. The van der Waals surface area contributed by atoms with Gasteiger partial charge in [-0.2, -0.15) is 16.4 Å². The van der Waals surface area contributed by atoms with Crippen molar-refractivity contribution in [3.8, 4) is 0 Å². The summed E-state index contributed by atoms with van der Waals surface area (Å²) < 4.78 is 1.71. The van der Waals surface area contributed by atoms with Crippen LogP contribution in [0.1, 0.15) is 37.1 Å². The quantitative estimate of drug-likeness (QED) is 0.726. The first-order valence-electron chi connectivity index (χ1n) is 8.30. The fraction of sp³-hybridized carbons (Fsp3) is 0.529. The molecule has 0 radical (unpaired) electrons. The van der Waals surface area contributed by atoms with Crippen molar-refractivity contribution < 1.29 is 4.79 Å². The van der Waals surface area contributed by atoms with Crippen LogP contribution in [-0.4, -0.2) is 47.3 Å². The summed E-state index contributed by atoms with van der Waals surface area (Å²) in [5.74, 6) is -0.0297. The van der Waals surface area contributed by atoms with Gasteiger partial charge in [0, 0.05) is 25.4 Å². The molecule has 0 aromatic carbocycles. The van der Waals surface area contributed by atoms with Crippen LogP contribution in [0.2, 0.25) is 0 Å². The summed E-state index contributed by atoms with van der Waals surface area (Å²) in [7, 11) is 3.64. The van der Waals surface area contributed by atoms with E-state index in [1.807, 2.05) is 13.2 Å². The normalized spacial score (nSPS) is 13.9. The lowest BCUT2D eigenvalue weighted by Crippen LogP contribution is -2.42. The Morgan fingerprint density at radius 2 is 2.12 bits per heavy atom. The fourth-order valence-electron chi connectivity index (χ4n) is 2.92. The predicted molar refractivity (Wildman–Crippen MR) is 98.0 cm³/mol. The highest BCUT2D eigenvalue weighted by Gasteiger charge is 2.23. The second-order valence-corrected chi connectivity index (χ2v) is 6.49. The number of aromatic nitrogens is 2. The summed E-state index contributed by atoms with van der Waals surface area (Å²) in [5, 5.41) is 14.6. The average molecular weight is 350 g/mol. The number of amides is 1. The Labute approximate surface area is 147 Å². The number of thiophene rings is 1. The fourth-order valence-corrected chi connectivity index (χ4v) is 3.63. The minimum absolute atomic E-state index is 0.0297. The topological polar surface area (TPSA) is 62.2 Å². The van der Waals surface area contributed by atoms with Crippen molar-refractivity contribution >= 4 is 17.2 Å². The van der Waals surface area contributed by atoms with E-state index in [-0.39, 0.29) is 11.9 Å². The molecule has 2 aromatic heterocycles. The van der Waals surface area contributed by atoms with Crippen molar-refractivity contribution in [1.82, 2.24) is 25.3 Å². The first-order valence-corrected chi connectivity index (χ1v) is 9.24. The highest BCUT2D eigenvalue weighted by atomic mass is 32.1. The standard InChI is InChI=1S/C17H27N5OS/c1-5-22(6-2)15(13-7-8-24-12-13)10-19-17(23)16(18-3)14-9-20-21(4)11-14/h7-9,11-12,15-16,18H,5-6,10H2,1-4H3,(H,19,23). The van der Waals surface area contributed by atoms with Crippen LogP contribution >= 0.6 is 11.3 Å². The van der Waals surface area contributed by atoms with Gasteiger partial charge < -0.3 is 10.6 Å². The Balaban J connectivity index is 2.06. The maximum absolute atomic E-state index is 12.6. The zero-order valence-corrected chi connectivity index (χ0v) is 15.6. The van der Waals surface area contributed by atoms with E-state index in [2.05, 4.69) is 51.3 Å². The molecule has 2 atom stereocenters. The van der Waals surface area contributed by atoms with Gasteiger partial charge in [0.15, 0.2) is 0 Å². The molecule has 0 saturated carbocycles. The second kappa shape index (κ2) is 8.96. The Bertz CT molecular complexity index is 621. The summed E-state index contributed by atoms with van der Waals surface area (Å²) in [6, 6.07) is 1.94. The molecule has 0 fully saturated rings. The Kier molecular flexibility index (Phi) is 6.96. The summed E-state index contributed by atoms with van der Waals surface area (Å²) in [6.45, 7) is 6.79. The van der Waals surface area contributed by atoms with Gasteiger partial charge in [0.25, 0.3) is 0 Å². The minimum Gasteiger partial charge on any atom is -0.353 e. The first-order chi connectivity index (χ1) is 11.6. The largest absolute Gasteiger partial charge is 0.353 e. The maximum atomic E-state index is 12.6. The number of hydrogen-bond acceptors (Lipinski definition) is 5. The Morgan fingerprint density at radius 1 is 1.38 bits per heavy atom.